The molecule has 0 aliphatic heterocycles. The van der Waals surface area contributed by atoms with Crippen molar-refractivity contribution >= 4 is 10.9 Å². The van der Waals surface area contributed by atoms with Crippen molar-refractivity contribution in [3.63, 3.8) is 0 Å². The van der Waals surface area contributed by atoms with Gasteiger partial charge in [0.15, 0.2) is 0 Å². The van der Waals surface area contributed by atoms with Crippen LogP contribution >= 0.6 is 0 Å². The second-order valence-corrected chi connectivity index (χ2v) is 4.66. The van der Waals surface area contributed by atoms with Gasteiger partial charge < -0.3 is 20.2 Å². The van der Waals surface area contributed by atoms with Crippen LogP contribution in [0.2, 0.25) is 0 Å². The molecular weight excluding hydrogens is 228 g/mol. The molecule has 1 heterocycles. The number of ether oxygens (including phenoxy) is 2. The third kappa shape index (κ3) is 2.16. The molecule has 1 aromatic heterocycles. The fourth-order valence-corrected chi connectivity index (χ4v) is 2.29. The summed E-state index contributed by atoms with van der Waals surface area (Å²) in [5.74, 6) is 1.59. The second-order valence-electron chi connectivity index (χ2n) is 4.66. The minimum absolute atomic E-state index is 0.125. The number of nitrogens with one attached hydrogen (secondary N) is 1. The number of aryl methyl sites for hydroxylation is 1. The highest BCUT2D eigenvalue weighted by Crippen LogP contribution is 2.34. The summed E-state index contributed by atoms with van der Waals surface area (Å²) in [6.45, 7) is 4.07. The lowest BCUT2D eigenvalue weighted by molar-refractivity contribution is 0.397. The first-order valence-corrected chi connectivity index (χ1v) is 6.05. The number of H-pyrrole nitrogens is 1. The predicted molar refractivity (Wildman–Crippen MR) is 73.5 cm³/mol. The lowest BCUT2D eigenvalue weighted by atomic mass is 10.0. The van der Waals surface area contributed by atoms with Crippen molar-refractivity contribution in [3.8, 4) is 11.5 Å². The number of benzene rings is 1. The minimum Gasteiger partial charge on any atom is -0.497 e. The smallest absolute Gasteiger partial charge is 0.146 e. The summed E-state index contributed by atoms with van der Waals surface area (Å²) >= 11 is 0. The summed E-state index contributed by atoms with van der Waals surface area (Å²) < 4.78 is 10.7. The summed E-state index contributed by atoms with van der Waals surface area (Å²) in [4.78, 5) is 3.37. The van der Waals surface area contributed by atoms with E-state index in [4.69, 9.17) is 15.2 Å². The number of hydrogen-bond acceptors (Lipinski definition) is 3. The predicted octanol–water partition coefficient (Wildman–Crippen LogP) is 2.38. The molecule has 0 spiro atoms. The Hall–Kier alpha value is -1.68. The minimum atomic E-state index is 0.125. The number of aromatic nitrogens is 1. The topological polar surface area (TPSA) is 60.3 Å². The van der Waals surface area contributed by atoms with Crippen molar-refractivity contribution in [1.29, 1.82) is 0 Å². The van der Waals surface area contributed by atoms with E-state index < -0.39 is 0 Å². The normalized spacial score (nSPS) is 12.7. The maximum absolute atomic E-state index is 5.91. The van der Waals surface area contributed by atoms with Crippen molar-refractivity contribution in [2.24, 2.45) is 5.73 Å². The van der Waals surface area contributed by atoms with Gasteiger partial charge in [-0.05, 0) is 31.9 Å². The van der Waals surface area contributed by atoms with Gasteiger partial charge in [0.2, 0.25) is 0 Å². The van der Waals surface area contributed by atoms with Crippen molar-refractivity contribution in [1.82, 2.24) is 4.98 Å². The monoisotopic (exact) mass is 248 g/mol. The molecule has 0 aliphatic carbocycles. The Kier molecular flexibility index (Phi) is 3.48. The van der Waals surface area contributed by atoms with Gasteiger partial charge in [-0.15, -0.1) is 0 Å². The first-order chi connectivity index (χ1) is 8.56. The van der Waals surface area contributed by atoms with Gasteiger partial charge in [-0.3, -0.25) is 0 Å². The zero-order chi connectivity index (χ0) is 13.3. The lowest BCUT2D eigenvalue weighted by Gasteiger charge is -2.08. The van der Waals surface area contributed by atoms with Crippen LogP contribution in [0.25, 0.3) is 10.9 Å². The molecule has 0 saturated carbocycles. The first-order valence-electron chi connectivity index (χ1n) is 6.05. The Morgan fingerprint density at radius 2 is 2.00 bits per heavy atom. The van der Waals surface area contributed by atoms with E-state index in [0.717, 1.165) is 34.5 Å². The third-order valence-corrected chi connectivity index (χ3v) is 3.15. The summed E-state index contributed by atoms with van der Waals surface area (Å²) in [6, 6.07) is 4.03. The SMILES string of the molecule is COc1cc(OC)c2[nH]c(C)c(CC(C)N)c2c1. The molecule has 0 saturated heterocycles. The molecule has 1 atom stereocenters. The van der Waals surface area contributed by atoms with Crippen LogP contribution in [0.4, 0.5) is 0 Å². The van der Waals surface area contributed by atoms with Gasteiger partial charge in [-0.25, -0.2) is 0 Å². The van der Waals surface area contributed by atoms with Crippen molar-refractivity contribution in [3.05, 3.63) is 23.4 Å². The van der Waals surface area contributed by atoms with E-state index in [1.54, 1.807) is 14.2 Å². The van der Waals surface area contributed by atoms with E-state index in [0.29, 0.717) is 0 Å². The van der Waals surface area contributed by atoms with E-state index in [9.17, 15) is 0 Å². The van der Waals surface area contributed by atoms with Gasteiger partial charge >= 0.3 is 0 Å². The molecule has 2 rings (SSSR count). The van der Waals surface area contributed by atoms with Gasteiger partial charge in [0.25, 0.3) is 0 Å². The maximum Gasteiger partial charge on any atom is 0.146 e. The molecule has 0 amide bonds. The van der Waals surface area contributed by atoms with Gasteiger partial charge in [-0.2, -0.15) is 0 Å². The summed E-state index contributed by atoms with van der Waals surface area (Å²) in [6.07, 6.45) is 0.835. The Labute approximate surface area is 107 Å². The number of hydrogen-bond donors (Lipinski definition) is 2. The molecule has 4 nitrogen and oxygen atoms in total. The lowest BCUT2D eigenvalue weighted by Crippen LogP contribution is -2.18. The fraction of sp³-hybridized carbons (Fsp3) is 0.429. The zero-order valence-corrected chi connectivity index (χ0v) is 11.3. The molecular formula is C14H20N2O2. The van der Waals surface area contributed by atoms with Crippen LogP contribution in [0.1, 0.15) is 18.2 Å². The van der Waals surface area contributed by atoms with Crippen molar-refractivity contribution in [2.45, 2.75) is 26.3 Å². The van der Waals surface area contributed by atoms with Crippen LogP contribution in [0.15, 0.2) is 12.1 Å². The maximum atomic E-state index is 5.91. The van der Waals surface area contributed by atoms with Crippen LogP contribution in [0.5, 0.6) is 11.5 Å². The summed E-state index contributed by atoms with van der Waals surface area (Å²) in [5.41, 5.74) is 9.28. The number of rotatable bonds is 4. The Bertz CT molecular complexity index is 558. The Balaban J connectivity index is 2.67. The van der Waals surface area contributed by atoms with Crippen LogP contribution in [0.3, 0.4) is 0 Å². The quantitative estimate of drug-likeness (QED) is 0.873. The number of aromatic amines is 1. The number of nitrogens with two attached hydrogens (primary N) is 1. The van der Waals surface area contributed by atoms with E-state index in [-0.39, 0.29) is 6.04 Å². The highest BCUT2D eigenvalue weighted by molar-refractivity contribution is 5.91. The molecule has 1 unspecified atom stereocenters. The highest BCUT2D eigenvalue weighted by atomic mass is 16.5. The van der Waals surface area contributed by atoms with E-state index in [1.165, 1.54) is 5.56 Å². The third-order valence-electron chi connectivity index (χ3n) is 3.15. The average Bonchev–Trinajstić information content (AvgIpc) is 2.64. The fourth-order valence-electron chi connectivity index (χ4n) is 2.29. The molecule has 0 fully saturated rings. The van der Waals surface area contributed by atoms with Gasteiger partial charge in [-0.1, -0.05) is 0 Å². The summed E-state index contributed by atoms with van der Waals surface area (Å²) in [5, 5.41) is 1.13. The molecule has 4 heteroatoms. The van der Waals surface area contributed by atoms with Crippen molar-refractivity contribution < 1.29 is 9.47 Å². The second kappa shape index (κ2) is 4.90. The van der Waals surface area contributed by atoms with Crippen LogP contribution in [0, 0.1) is 6.92 Å². The van der Waals surface area contributed by atoms with E-state index in [2.05, 4.69) is 11.9 Å². The number of fused-ring (bicyclic) bond motifs is 1. The van der Waals surface area contributed by atoms with Gasteiger partial charge in [0.1, 0.15) is 11.5 Å². The Morgan fingerprint density at radius 3 is 2.56 bits per heavy atom. The van der Waals surface area contributed by atoms with Gasteiger partial charge in [0.05, 0.1) is 19.7 Å². The molecule has 1 aromatic carbocycles. The molecule has 0 aliphatic rings. The molecule has 0 radical (unpaired) electrons. The largest absolute Gasteiger partial charge is 0.497 e. The molecule has 18 heavy (non-hydrogen) atoms. The standard InChI is InChI=1S/C14H20N2O2/c1-8(15)5-11-9(2)16-14-12(11)6-10(17-3)7-13(14)18-4/h6-8,16H,5,15H2,1-4H3. The highest BCUT2D eigenvalue weighted by Gasteiger charge is 2.14. The van der Waals surface area contributed by atoms with Crippen molar-refractivity contribution in [2.75, 3.05) is 14.2 Å². The first kappa shape index (κ1) is 12.8. The average molecular weight is 248 g/mol. The van der Waals surface area contributed by atoms with Gasteiger partial charge in [0, 0.05) is 23.2 Å². The van der Waals surface area contributed by atoms with Crippen LogP contribution < -0.4 is 15.2 Å². The van der Waals surface area contributed by atoms with E-state index in [1.807, 2.05) is 19.1 Å². The molecule has 98 valence electrons. The molecule has 3 N–H and O–H groups in total. The van der Waals surface area contributed by atoms with Crippen LogP contribution in [-0.2, 0) is 6.42 Å². The summed E-state index contributed by atoms with van der Waals surface area (Å²) in [7, 11) is 3.32. The molecule has 0 bridgehead atoms. The Morgan fingerprint density at radius 1 is 1.28 bits per heavy atom. The van der Waals surface area contributed by atoms with E-state index >= 15 is 0 Å². The zero-order valence-electron chi connectivity index (χ0n) is 11.3. The number of methoxy groups -OCH3 is 2. The van der Waals surface area contributed by atoms with Crippen LogP contribution in [-0.4, -0.2) is 25.2 Å². The molecule has 2 aromatic rings.